The van der Waals surface area contributed by atoms with Crippen LogP contribution in [-0.4, -0.2) is 56.7 Å². The fourth-order valence-corrected chi connectivity index (χ4v) is 3.54. The number of rotatable bonds is 7. The van der Waals surface area contributed by atoms with Gasteiger partial charge in [-0.3, -0.25) is 4.99 Å². The highest BCUT2D eigenvalue weighted by Crippen LogP contribution is 2.27. The Bertz CT molecular complexity index is 744. The molecule has 2 aromatic rings. The highest BCUT2D eigenvalue weighted by atomic mass is 127. The first-order valence-corrected chi connectivity index (χ1v) is 10.4. The van der Waals surface area contributed by atoms with Crippen LogP contribution in [0.1, 0.15) is 64.2 Å². The number of piperidine rings is 1. The van der Waals surface area contributed by atoms with Crippen LogP contribution in [-0.2, 0) is 6.42 Å². The van der Waals surface area contributed by atoms with Crippen LogP contribution in [0.2, 0.25) is 0 Å². The van der Waals surface area contributed by atoms with Gasteiger partial charge in [-0.15, -0.1) is 24.0 Å². The zero-order chi connectivity index (χ0) is 19.9. The molecule has 3 heterocycles. The summed E-state index contributed by atoms with van der Waals surface area (Å²) < 4.78 is 7.54. The molecular formula is C20H34IN7O. The summed E-state index contributed by atoms with van der Waals surface area (Å²) in [6.45, 7) is 12.1. The molecule has 9 heteroatoms. The van der Waals surface area contributed by atoms with E-state index >= 15 is 0 Å². The van der Waals surface area contributed by atoms with E-state index in [2.05, 4.69) is 63.8 Å². The lowest BCUT2D eigenvalue weighted by Crippen LogP contribution is -2.49. The molecular weight excluding hydrogens is 481 g/mol. The van der Waals surface area contributed by atoms with Crippen LogP contribution < -0.4 is 5.32 Å². The van der Waals surface area contributed by atoms with Gasteiger partial charge in [0.1, 0.15) is 0 Å². The van der Waals surface area contributed by atoms with Gasteiger partial charge in [0.05, 0.1) is 12.4 Å². The zero-order valence-corrected chi connectivity index (χ0v) is 20.2. The van der Waals surface area contributed by atoms with E-state index in [0.717, 1.165) is 57.2 Å². The van der Waals surface area contributed by atoms with Crippen molar-refractivity contribution in [3.8, 4) is 0 Å². The Morgan fingerprint density at radius 3 is 2.90 bits per heavy atom. The Labute approximate surface area is 190 Å². The maximum atomic E-state index is 5.32. The molecule has 0 amide bonds. The van der Waals surface area contributed by atoms with Crippen molar-refractivity contribution in [1.29, 1.82) is 0 Å². The molecule has 0 aromatic carbocycles. The number of aromatic nitrogens is 4. The summed E-state index contributed by atoms with van der Waals surface area (Å²) in [6, 6.07) is 0.424. The summed E-state index contributed by atoms with van der Waals surface area (Å²) in [4.78, 5) is 15.9. The van der Waals surface area contributed by atoms with Crippen molar-refractivity contribution in [1.82, 2.24) is 29.9 Å². The molecule has 0 bridgehead atoms. The first kappa shape index (κ1) is 23.6. The van der Waals surface area contributed by atoms with Crippen molar-refractivity contribution < 1.29 is 4.52 Å². The second-order valence-electron chi connectivity index (χ2n) is 7.83. The highest BCUT2D eigenvalue weighted by molar-refractivity contribution is 14.0. The summed E-state index contributed by atoms with van der Waals surface area (Å²) in [5, 5.41) is 7.47. The lowest BCUT2D eigenvalue weighted by molar-refractivity contribution is 0.189. The lowest BCUT2D eigenvalue weighted by Gasteiger charge is -2.39. The molecule has 2 unspecified atom stereocenters. The van der Waals surface area contributed by atoms with Gasteiger partial charge in [-0.2, -0.15) is 4.98 Å². The third-order valence-corrected chi connectivity index (χ3v) is 5.27. The van der Waals surface area contributed by atoms with E-state index in [0.29, 0.717) is 23.8 Å². The molecule has 3 rings (SSSR count). The largest absolute Gasteiger partial charge is 0.357 e. The molecule has 8 nitrogen and oxygen atoms in total. The van der Waals surface area contributed by atoms with Crippen molar-refractivity contribution >= 4 is 29.9 Å². The Morgan fingerprint density at radius 1 is 1.41 bits per heavy atom. The molecule has 0 radical (unpaired) electrons. The van der Waals surface area contributed by atoms with Crippen LogP contribution in [0.4, 0.5) is 0 Å². The van der Waals surface area contributed by atoms with Gasteiger partial charge in [0.25, 0.3) is 0 Å². The highest BCUT2D eigenvalue weighted by Gasteiger charge is 2.28. The van der Waals surface area contributed by atoms with E-state index < -0.39 is 0 Å². The number of guanidine groups is 1. The van der Waals surface area contributed by atoms with Crippen molar-refractivity contribution in [3.63, 3.8) is 0 Å². The number of halogens is 1. The minimum atomic E-state index is 0. The quantitative estimate of drug-likeness (QED) is 0.263. The number of imidazole rings is 1. The second kappa shape index (κ2) is 11.5. The van der Waals surface area contributed by atoms with Gasteiger partial charge in [0, 0.05) is 50.9 Å². The first-order chi connectivity index (χ1) is 13.6. The Morgan fingerprint density at radius 2 is 2.24 bits per heavy atom. The second-order valence-corrected chi connectivity index (χ2v) is 7.83. The topological polar surface area (TPSA) is 84.4 Å². The van der Waals surface area contributed by atoms with E-state index in [-0.39, 0.29) is 24.0 Å². The zero-order valence-electron chi connectivity index (χ0n) is 17.9. The average Bonchev–Trinajstić information content (AvgIpc) is 3.37. The van der Waals surface area contributed by atoms with E-state index in [9.17, 15) is 0 Å². The van der Waals surface area contributed by atoms with Crippen molar-refractivity contribution in [2.75, 3.05) is 26.2 Å². The monoisotopic (exact) mass is 515 g/mol. The number of nitrogens with zero attached hydrogens (tertiary/aromatic N) is 6. The van der Waals surface area contributed by atoms with Gasteiger partial charge in [0.2, 0.25) is 5.89 Å². The van der Waals surface area contributed by atoms with Crippen molar-refractivity contribution in [2.45, 2.75) is 58.9 Å². The smallest absolute Gasteiger partial charge is 0.226 e. The van der Waals surface area contributed by atoms with Gasteiger partial charge in [-0.05, 0) is 25.7 Å². The fraction of sp³-hybridized carbons (Fsp3) is 0.700. The van der Waals surface area contributed by atoms with Gasteiger partial charge in [-0.1, -0.05) is 25.9 Å². The third-order valence-electron chi connectivity index (χ3n) is 5.27. The standard InChI is InChI=1S/C20H33N7O.HI/c1-5-22-20(23-9-6-7-18-24-19(15(2)3)25-28-18)26-11-8-16(4)17(13-26)27-12-10-21-14-27;/h10,12,14-17H,5-9,11,13H2,1-4H3,(H,22,23);1H. The predicted octanol–water partition coefficient (Wildman–Crippen LogP) is 3.49. The normalized spacial score (nSPS) is 20.0. The molecule has 2 aromatic heterocycles. The molecule has 0 saturated carbocycles. The molecule has 0 spiro atoms. The number of likely N-dealkylation sites (tertiary alicyclic amines) is 1. The number of aryl methyl sites for hydroxylation is 1. The van der Waals surface area contributed by atoms with Crippen LogP contribution in [0.3, 0.4) is 0 Å². The molecule has 0 aliphatic carbocycles. The first-order valence-electron chi connectivity index (χ1n) is 10.4. The van der Waals surface area contributed by atoms with Gasteiger partial charge >= 0.3 is 0 Å². The molecule has 162 valence electrons. The van der Waals surface area contributed by atoms with Crippen LogP contribution >= 0.6 is 24.0 Å². The van der Waals surface area contributed by atoms with E-state index in [4.69, 9.17) is 9.52 Å². The maximum Gasteiger partial charge on any atom is 0.226 e. The van der Waals surface area contributed by atoms with Crippen molar-refractivity contribution in [2.24, 2.45) is 10.9 Å². The predicted molar refractivity (Wildman–Crippen MR) is 125 cm³/mol. The number of nitrogens with one attached hydrogen (secondary N) is 1. The summed E-state index contributed by atoms with van der Waals surface area (Å²) >= 11 is 0. The van der Waals surface area contributed by atoms with Crippen molar-refractivity contribution in [3.05, 3.63) is 30.4 Å². The van der Waals surface area contributed by atoms with Crippen LogP contribution in [0, 0.1) is 5.92 Å². The van der Waals surface area contributed by atoms with E-state index in [1.165, 1.54) is 0 Å². The van der Waals surface area contributed by atoms with Gasteiger partial charge in [-0.25, -0.2) is 4.98 Å². The minimum Gasteiger partial charge on any atom is -0.357 e. The summed E-state index contributed by atoms with van der Waals surface area (Å²) in [7, 11) is 0. The van der Waals surface area contributed by atoms with E-state index in [1.54, 1.807) is 0 Å². The molecule has 1 fully saturated rings. The van der Waals surface area contributed by atoms with Gasteiger partial charge in [0.15, 0.2) is 11.8 Å². The molecule has 2 atom stereocenters. The van der Waals surface area contributed by atoms with Crippen LogP contribution in [0.15, 0.2) is 28.2 Å². The van der Waals surface area contributed by atoms with E-state index in [1.807, 2.05) is 12.5 Å². The summed E-state index contributed by atoms with van der Waals surface area (Å²) in [5.41, 5.74) is 0. The molecule has 29 heavy (non-hydrogen) atoms. The Balaban J connectivity index is 0.00000300. The number of hydrogen-bond acceptors (Lipinski definition) is 5. The third kappa shape index (κ3) is 6.42. The fourth-order valence-electron chi connectivity index (χ4n) is 3.54. The maximum absolute atomic E-state index is 5.32. The molecule has 1 aliphatic heterocycles. The molecule has 1 saturated heterocycles. The number of aliphatic imine (C=N–C) groups is 1. The molecule has 1 N–H and O–H groups in total. The molecule has 1 aliphatic rings. The number of hydrogen-bond donors (Lipinski definition) is 1. The van der Waals surface area contributed by atoms with Gasteiger partial charge < -0.3 is 19.3 Å². The van der Waals surface area contributed by atoms with Crippen LogP contribution in [0.5, 0.6) is 0 Å². The SMILES string of the molecule is CCNC(=NCCCc1nc(C(C)C)no1)N1CCC(C)C(n2ccnc2)C1.I. The lowest BCUT2D eigenvalue weighted by atomic mass is 9.93. The average molecular weight is 515 g/mol. The summed E-state index contributed by atoms with van der Waals surface area (Å²) in [6.07, 6.45) is 8.64. The Kier molecular flexibility index (Phi) is 9.38. The minimum absolute atomic E-state index is 0. The Hall–Kier alpha value is -1.65. The van der Waals surface area contributed by atoms with Crippen LogP contribution in [0.25, 0.3) is 0 Å². The summed E-state index contributed by atoms with van der Waals surface area (Å²) in [5.74, 6) is 3.39.